The molecule has 0 amide bonds. The number of methoxy groups -OCH3 is 1. The lowest BCUT2D eigenvalue weighted by molar-refractivity contribution is 0.183. The summed E-state index contributed by atoms with van der Waals surface area (Å²) in [4.78, 5) is 1.26. The predicted molar refractivity (Wildman–Crippen MR) is 81.1 cm³/mol. The number of rotatable bonds is 6. The van der Waals surface area contributed by atoms with Gasteiger partial charge in [-0.2, -0.15) is 5.10 Å². The number of nitrogens with one attached hydrogen (secondary N) is 1. The van der Waals surface area contributed by atoms with E-state index < -0.39 is 0 Å². The summed E-state index contributed by atoms with van der Waals surface area (Å²) in [5.74, 6) is 0. The summed E-state index contributed by atoms with van der Waals surface area (Å²) in [5.41, 5.74) is 1.02. The van der Waals surface area contributed by atoms with Gasteiger partial charge in [0, 0.05) is 29.2 Å². The van der Waals surface area contributed by atoms with Gasteiger partial charge in [-0.15, -0.1) is 11.3 Å². The van der Waals surface area contributed by atoms with Crippen molar-refractivity contribution in [3.05, 3.63) is 31.6 Å². The maximum atomic E-state index is 5.01. The monoisotopic (exact) mass is 393 g/mol. The van der Waals surface area contributed by atoms with Crippen LogP contribution in [0.15, 0.2) is 26.7 Å². The van der Waals surface area contributed by atoms with Crippen LogP contribution in [-0.2, 0) is 17.8 Å². The molecule has 2 aromatic rings. The van der Waals surface area contributed by atoms with E-state index in [0.717, 1.165) is 27.0 Å². The van der Waals surface area contributed by atoms with Crippen LogP contribution in [-0.4, -0.2) is 23.5 Å². The van der Waals surface area contributed by atoms with Gasteiger partial charge in [0.05, 0.1) is 28.8 Å². The van der Waals surface area contributed by atoms with Gasteiger partial charge in [0.2, 0.25) is 0 Å². The molecule has 7 heteroatoms. The molecule has 0 saturated carbocycles. The van der Waals surface area contributed by atoms with E-state index >= 15 is 0 Å². The number of thiophene rings is 1. The summed E-state index contributed by atoms with van der Waals surface area (Å²) in [6.45, 7) is 2.24. The van der Waals surface area contributed by atoms with Gasteiger partial charge in [0.25, 0.3) is 0 Å². The molecule has 0 unspecified atom stereocenters. The summed E-state index contributed by atoms with van der Waals surface area (Å²) >= 11 is 8.68. The van der Waals surface area contributed by atoms with Crippen LogP contribution in [0.2, 0.25) is 0 Å². The number of hydrogen-bond donors (Lipinski definition) is 1. The van der Waals surface area contributed by atoms with E-state index in [2.05, 4.69) is 48.3 Å². The molecule has 98 valence electrons. The van der Waals surface area contributed by atoms with E-state index in [9.17, 15) is 0 Å². The van der Waals surface area contributed by atoms with Gasteiger partial charge >= 0.3 is 0 Å². The molecule has 0 aromatic carbocycles. The molecular formula is C11H13Br2N3OS. The van der Waals surface area contributed by atoms with E-state index in [-0.39, 0.29) is 0 Å². The summed E-state index contributed by atoms with van der Waals surface area (Å²) in [7, 11) is 1.69. The Hall–Kier alpha value is -0.370. The Morgan fingerprint density at radius 2 is 2.33 bits per heavy atom. The topological polar surface area (TPSA) is 39.1 Å². The fraction of sp³-hybridized carbons (Fsp3) is 0.364. The highest BCUT2D eigenvalue weighted by atomic mass is 79.9. The first-order valence-corrected chi connectivity index (χ1v) is 7.78. The minimum absolute atomic E-state index is 0.673. The quantitative estimate of drug-likeness (QED) is 0.811. The molecule has 18 heavy (non-hydrogen) atoms. The Morgan fingerprint density at radius 3 is 3.00 bits per heavy atom. The van der Waals surface area contributed by atoms with Crippen molar-refractivity contribution >= 4 is 48.9 Å². The van der Waals surface area contributed by atoms with E-state index in [1.54, 1.807) is 18.4 Å². The predicted octanol–water partition coefficient (Wildman–Crippen LogP) is 3.73. The number of nitrogens with zero attached hydrogens (tertiary/aromatic N) is 2. The van der Waals surface area contributed by atoms with E-state index in [1.807, 2.05) is 17.1 Å². The Bertz CT molecular complexity index is 493. The Kier molecular flexibility index (Phi) is 5.23. The van der Waals surface area contributed by atoms with Gasteiger partial charge in [0.1, 0.15) is 0 Å². The number of halogens is 2. The second-order valence-corrected chi connectivity index (χ2v) is 6.98. The molecule has 0 bridgehead atoms. The van der Waals surface area contributed by atoms with Gasteiger partial charge in [-0.25, -0.2) is 0 Å². The number of hydrogen-bond acceptors (Lipinski definition) is 4. The SMILES string of the molecule is COCCn1cc(NCc2cc(Br)c(Br)s2)cn1. The summed E-state index contributed by atoms with van der Waals surface area (Å²) in [6, 6.07) is 2.11. The third kappa shape index (κ3) is 3.81. The fourth-order valence-corrected chi connectivity index (χ4v) is 3.55. The summed E-state index contributed by atoms with van der Waals surface area (Å²) in [6.07, 6.45) is 3.81. The lowest BCUT2D eigenvalue weighted by atomic mass is 10.4. The lowest BCUT2D eigenvalue weighted by Crippen LogP contribution is -2.04. The molecule has 0 fully saturated rings. The molecule has 0 aliphatic rings. The van der Waals surface area contributed by atoms with Crippen LogP contribution in [0.5, 0.6) is 0 Å². The molecule has 0 radical (unpaired) electrons. The third-order valence-corrected chi connectivity index (χ3v) is 5.58. The third-order valence-electron chi connectivity index (χ3n) is 2.32. The molecule has 2 rings (SSSR count). The van der Waals surface area contributed by atoms with Gasteiger partial charge in [-0.05, 0) is 37.9 Å². The molecule has 0 aliphatic carbocycles. The Labute approximate surface area is 127 Å². The van der Waals surface area contributed by atoms with Crippen molar-refractivity contribution in [3.8, 4) is 0 Å². The van der Waals surface area contributed by atoms with Crippen molar-refractivity contribution < 1.29 is 4.74 Å². The Morgan fingerprint density at radius 1 is 1.50 bits per heavy atom. The zero-order valence-corrected chi connectivity index (χ0v) is 13.8. The van der Waals surface area contributed by atoms with Crippen molar-refractivity contribution in [2.24, 2.45) is 0 Å². The molecule has 0 aliphatic heterocycles. The number of anilines is 1. The number of ether oxygens (including phenoxy) is 1. The lowest BCUT2D eigenvalue weighted by Gasteiger charge is -2.00. The first-order chi connectivity index (χ1) is 8.69. The first-order valence-electron chi connectivity index (χ1n) is 5.38. The molecule has 2 aromatic heterocycles. The van der Waals surface area contributed by atoms with E-state index in [1.165, 1.54) is 4.88 Å². The highest BCUT2D eigenvalue weighted by molar-refractivity contribution is 9.13. The van der Waals surface area contributed by atoms with Gasteiger partial charge in [-0.1, -0.05) is 0 Å². The second-order valence-electron chi connectivity index (χ2n) is 3.67. The average Bonchev–Trinajstić information content (AvgIpc) is 2.92. The highest BCUT2D eigenvalue weighted by Gasteiger charge is 2.04. The molecule has 1 N–H and O–H groups in total. The zero-order valence-electron chi connectivity index (χ0n) is 9.82. The highest BCUT2D eigenvalue weighted by Crippen LogP contribution is 2.32. The minimum atomic E-state index is 0.673. The van der Waals surface area contributed by atoms with Gasteiger partial charge in [-0.3, -0.25) is 4.68 Å². The molecule has 0 atom stereocenters. The van der Waals surface area contributed by atoms with Crippen LogP contribution in [0.3, 0.4) is 0 Å². The van der Waals surface area contributed by atoms with E-state index in [4.69, 9.17) is 4.74 Å². The normalized spacial score (nSPS) is 10.8. The van der Waals surface area contributed by atoms with Crippen LogP contribution in [0, 0.1) is 0 Å². The fourth-order valence-electron chi connectivity index (χ4n) is 1.43. The van der Waals surface area contributed by atoms with Crippen molar-refractivity contribution in [2.75, 3.05) is 19.0 Å². The molecule has 0 spiro atoms. The van der Waals surface area contributed by atoms with Crippen molar-refractivity contribution in [3.63, 3.8) is 0 Å². The summed E-state index contributed by atoms with van der Waals surface area (Å²) in [5, 5.41) is 7.59. The second kappa shape index (κ2) is 6.70. The Balaban J connectivity index is 1.88. The molecule has 4 nitrogen and oxygen atoms in total. The van der Waals surface area contributed by atoms with Crippen molar-refractivity contribution in [1.29, 1.82) is 0 Å². The largest absolute Gasteiger partial charge is 0.383 e. The summed E-state index contributed by atoms with van der Waals surface area (Å²) < 4.78 is 9.10. The van der Waals surface area contributed by atoms with Crippen LogP contribution < -0.4 is 5.32 Å². The molecular weight excluding hydrogens is 382 g/mol. The van der Waals surface area contributed by atoms with Crippen molar-refractivity contribution in [1.82, 2.24) is 9.78 Å². The maximum absolute atomic E-state index is 5.01. The average molecular weight is 395 g/mol. The maximum Gasteiger partial charge on any atom is 0.0843 e. The van der Waals surface area contributed by atoms with Crippen LogP contribution in [0.25, 0.3) is 0 Å². The number of aromatic nitrogens is 2. The van der Waals surface area contributed by atoms with Crippen molar-refractivity contribution in [2.45, 2.75) is 13.1 Å². The zero-order chi connectivity index (χ0) is 13.0. The smallest absolute Gasteiger partial charge is 0.0843 e. The van der Waals surface area contributed by atoms with Crippen LogP contribution in [0.4, 0.5) is 5.69 Å². The molecule has 0 saturated heterocycles. The standard InChI is InChI=1S/C11H13Br2N3OS/c1-17-3-2-16-7-8(5-15-16)14-6-9-4-10(12)11(13)18-9/h4-5,7,14H,2-3,6H2,1H3. The van der Waals surface area contributed by atoms with Gasteiger partial charge < -0.3 is 10.1 Å². The van der Waals surface area contributed by atoms with E-state index in [0.29, 0.717) is 6.61 Å². The first kappa shape index (κ1) is 14.0. The minimum Gasteiger partial charge on any atom is -0.383 e. The van der Waals surface area contributed by atoms with Gasteiger partial charge in [0.15, 0.2) is 0 Å². The molecule has 2 heterocycles. The van der Waals surface area contributed by atoms with Crippen LogP contribution >= 0.6 is 43.2 Å². The van der Waals surface area contributed by atoms with Crippen LogP contribution in [0.1, 0.15) is 4.88 Å².